The number of rotatable bonds is 2. The summed E-state index contributed by atoms with van der Waals surface area (Å²) in [6.45, 7) is 3.71. The fourth-order valence-corrected chi connectivity index (χ4v) is 2.42. The smallest absolute Gasteiger partial charge is 0.312 e. The number of benzene rings is 1. The van der Waals surface area contributed by atoms with Crippen molar-refractivity contribution in [2.24, 2.45) is 10.6 Å². The van der Waals surface area contributed by atoms with E-state index in [1.54, 1.807) is 12.1 Å². The number of carbonyl (C=O) groups is 2. The van der Waals surface area contributed by atoms with E-state index in [2.05, 4.69) is 5.16 Å². The first kappa shape index (κ1) is 15.7. The summed E-state index contributed by atoms with van der Waals surface area (Å²) in [5.74, 6) is -0.656. The van der Waals surface area contributed by atoms with E-state index < -0.39 is 11.4 Å². The molecular weight excluding hydrogens is 313 g/mol. The molecule has 0 saturated heterocycles. The van der Waals surface area contributed by atoms with Crippen LogP contribution in [0, 0.1) is 5.41 Å². The molecule has 0 fully saturated rings. The second-order valence-electron chi connectivity index (χ2n) is 5.34. The topological polar surface area (TPSA) is 55.7 Å². The van der Waals surface area contributed by atoms with Crippen molar-refractivity contribution < 1.29 is 14.4 Å². The third kappa shape index (κ3) is 3.71. The molecule has 0 aromatic heterocycles. The average molecular weight is 326 g/mol. The van der Waals surface area contributed by atoms with Crippen molar-refractivity contribution in [3.8, 4) is 0 Å². The van der Waals surface area contributed by atoms with Gasteiger partial charge in [0.05, 0.1) is 16.3 Å². The molecule has 0 heterocycles. The van der Waals surface area contributed by atoms with Crippen LogP contribution in [0.1, 0.15) is 30.6 Å². The monoisotopic (exact) mass is 325 g/mol. The van der Waals surface area contributed by atoms with Gasteiger partial charge < -0.3 is 4.84 Å². The first-order valence-corrected chi connectivity index (χ1v) is 7.01. The van der Waals surface area contributed by atoms with Crippen LogP contribution in [-0.2, 0) is 9.63 Å². The summed E-state index contributed by atoms with van der Waals surface area (Å²) < 4.78 is 0. The van der Waals surface area contributed by atoms with Crippen molar-refractivity contribution in [2.75, 3.05) is 0 Å². The number of hydrogen-bond acceptors (Lipinski definition) is 4. The average Bonchev–Trinajstić information content (AvgIpc) is 2.36. The lowest BCUT2D eigenvalue weighted by Gasteiger charge is -2.25. The predicted octanol–water partition coefficient (Wildman–Crippen LogP) is 4.06. The molecule has 110 valence electrons. The lowest BCUT2D eigenvalue weighted by Crippen LogP contribution is -2.29. The first-order valence-electron chi connectivity index (χ1n) is 6.25. The van der Waals surface area contributed by atoms with E-state index in [0.29, 0.717) is 17.2 Å². The van der Waals surface area contributed by atoms with E-state index in [0.717, 1.165) is 0 Å². The summed E-state index contributed by atoms with van der Waals surface area (Å²) in [5.41, 5.74) is 0.232. The Balaban J connectivity index is 2.18. The van der Waals surface area contributed by atoms with Gasteiger partial charge in [-0.1, -0.05) is 42.2 Å². The first-order chi connectivity index (χ1) is 9.79. The molecule has 21 heavy (non-hydrogen) atoms. The van der Waals surface area contributed by atoms with Gasteiger partial charge in [-0.15, -0.1) is 0 Å². The maximum absolute atomic E-state index is 11.9. The second kappa shape index (κ2) is 6.00. The molecule has 0 atom stereocenters. The molecule has 0 radical (unpaired) electrons. The van der Waals surface area contributed by atoms with Crippen molar-refractivity contribution in [2.45, 2.75) is 20.3 Å². The van der Waals surface area contributed by atoms with Crippen LogP contribution in [0.15, 0.2) is 35.5 Å². The highest BCUT2D eigenvalue weighted by molar-refractivity contribution is 6.36. The van der Waals surface area contributed by atoms with Crippen LogP contribution in [-0.4, -0.2) is 17.5 Å². The van der Waals surface area contributed by atoms with E-state index in [9.17, 15) is 9.59 Å². The Morgan fingerprint density at radius 2 is 2.00 bits per heavy atom. The molecule has 0 saturated carbocycles. The zero-order valence-corrected chi connectivity index (χ0v) is 13.0. The lowest BCUT2D eigenvalue weighted by molar-refractivity contribution is -0.115. The molecule has 1 aromatic carbocycles. The predicted molar refractivity (Wildman–Crippen MR) is 81.9 cm³/mol. The minimum Gasteiger partial charge on any atom is -0.312 e. The van der Waals surface area contributed by atoms with Crippen molar-refractivity contribution in [3.63, 3.8) is 0 Å². The van der Waals surface area contributed by atoms with E-state index in [1.807, 2.05) is 13.8 Å². The molecule has 1 aromatic rings. The van der Waals surface area contributed by atoms with E-state index in [1.165, 1.54) is 18.2 Å². The van der Waals surface area contributed by atoms with Crippen molar-refractivity contribution in [3.05, 3.63) is 46.0 Å². The van der Waals surface area contributed by atoms with Crippen LogP contribution in [0.2, 0.25) is 10.0 Å². The van der Waals surface area contributed by atoms with Gasteiger partial charge in [0.15, 0.2) is 5.78 Å². The van der Waals surface area contributed by atoms with Gasteiger partial charge in [0.25, 0.3) is 0 Å². The Morgan fingerprint density at radius 3 is 2.62 bits per heavy atom. The molecule has 0 aliphatic heterocycles. The van der Waals surface area contributed by atoms with Gasteiger partial charge in [0, 0.05) is 16.9 Å². The number of nitrogens with zero attached hydrogens (tertiary/aromatic N) is 1. The molecule has 2 rings (SSSR count). The Morgan fingerprint density at radius 1 is 1.29 bits per heavy atom. The maximum Gasteiger partial charge on any atom is 0.367 e. The molecule has 4 nitrogen and oxygen atoms in total. The third-order valence-corrected chi connectivity index (χ3v) is 3.66. The number of halogens is 2. The van der Waals surface area contributed by atoms with E-state index >= 15 is 0 Å². The normalized spacial score (nSPS) is 18.9. The minimum absolute atomic E-state index is 0.0195. The molecular formula is C15H13Cl2NO3. The summed E-state index contributed by atoms with van der Waals surface area (Å²) in [6, 6.07) is 4.47. The van der Waals surface area contributed by atoms with Gasteiger partial charge in [0.2, 0.25) is 0 Å². The summed E-state index contributed by atoms with van der Waals surface area (Å²) in [4.78, 5) is 28.2. The zero-order chi connectivity index (χ0) is 15.6. The lowest BCUT2D eigenvalue weighted by atomic mass is 9.79. The van der Waals surface area contributed by atoms with Gasteiger partial charge in [-0.25, -0.2) is 4.79 Å². The quantitative estimate of drug-likeness (QED) is 0.608. The van der Waals surface area contributed by atoms with Crippen LogP contribution >= 0.6 is 23.2 Å². The molecule has 0 bridgehead atoms. The molecule has 0 unspecified atom stereocenters. The highest BCUT2D eigenvalue weighted by atomic mass is 35.5. The van der Waals surface area contributed by atoms with Crippen molar-refractivity contribution in [1.29, 1.82) is 0 Å². The fraction of sp³-hybridized carbons (Fsp3) is 0.267. The van der Waals surface area contributed by atoms with Crippen LogP contribution in [0.3, 0.4) is 0 Å². The summed E-state index contributed by atoms with van der Waals surface area (Å²) >= 11 is 11.7. The SMILES string of the molecule is CC1(C)CC(=O)C=C/C1=N\OC(=O)c1ccc(Cl)cc1Cl. The molecule has 0 N–H and O–H groups in total. The number of oxime groups is 1. The van der Waals surface area contributed by atoms with Crippen LogP contribution < -0.4 is 0 Å². The van der Waals surface area contributed by atoms with Gasteiger partial charge in [-0.05, 0) is 30.4 Å². The Hall–Kier alpha value is -1.65. The van der Waals surface area contributed by atoms with Gasteiger partial charge in [-0.2, -0.15) is 0 Å². The second-order valence-corrected chi connectivity index (χ2v) is 6.18. The van der Waals surface area contributed by atoms with Gasteiger partial charge in [-0.3, -0.25) is 4.79 Å². The maximum atomic E-state index is 11.9. The van der Waals surface area contributed by atoms with Gasteiger partial charge >= 0.3 is 5.97 Å². The fourth-order valence-electron chi connectivity index (χ4n) is 1.93. The highest BCUT2D eigenvalue weighted by Crippen LogP contribution is 2.28. The summed E-state index contributed by atoms with van der Waals surface area (Å²) in [7, 11) is 0. The summed E-state index contributed by atoms with van der Waals surface area (Å²) in [5, 5.41) is 4.47. The standard InChI is InChI=1S/C15H13Cl2NO3/c1-15(2)8-10(19)4-6-13(15)18-21-14(20)11-5-3-9(16)7-12(11)17/h3-7H,8H2,1-2H3/b18-13+. The zero-order valence-electron chi connectivity index (χ0n) is 11.5. The third-order valence-electron chi connectivity index (χ3n) is 3.11. The molecule has 0 spiro atoms. The molecule has 6 heteroatoms. The molecule has 0 amide bonds. The highest BCUT2D eigenvalue weighted by Gasteiger charge is 2.30. The number of carbonyl (C=O) groups excluding carboxylic acids is 2. The van der Waals surface area contributed by atoms with Crippen LogP contribution in [0.25, 0.3) is 0 Å². The largest absolute Gasteiger partial charge is 0.367 e. The Bertz CT molecular complexity index is 663. The number of hydrogen-bond donors (Lipinski definition) is 0. The van der Waals surface area contributed by atoms with E-state index in [4.69, 9.17) is 28.0 Å². The van der Waals surface area contributed by atoms with Crippen LogP contribution in [0.4, 0.5) is 0 Å². The number of allylic oxidation sites excluding steroid dienone is 2. The number of ketones is 1. The van der Waals surface area contributed by atoms with Gasteiger partial charge in [0.1, 0.15) is 0 Å². The summed E-state index contributed by atoms with van der Waals surface area (Å²) in [6.07, 6.45) is 3.30. The Labute approximate surface area is 132 Å². The Kier molecular flexibility index (Phi) is 4.49. The molecule has 1 aliphatic carbocycles. The van der Waals surface area contributed by atoms with Crippen molar-refractivity contribution >= 4 is 40.7 Å². The van der Waals surface area contributed by atoms with Crippen molar-refractivity contribution in [1.82, 2.24) is 0 Å². The van der Waals surface area contributed by atoms with Crippen LogP contribution in [0.5, 0.6) is 0 Å². The molecule has 1 aliphatic rings. The van der Waals surface area contributed by atoms with E-state index in [-0.39, 0.29) is 16.4 Å². The minimum atomic E-state index is -0.676.